The van der Waals surface area contributed by atoms with E-state index in [-0.39, 0.29) is 0 Å². The van der Waals surface area contributed by atoms with Crippen LogP contribution < -0.4 is 9.64 Å². The number of pyridine rings is 1. The minimum atomic E-state index is 0.683. The molecule has 26 heavy (non-hydrogen) atoms. The summed E-state index contributed by atoms with van der Waals surface area (Å²) in [5, 5.41) is 4.71. The topological polar surface area (TPSA) is 49.3 Å². The van der Waals surface area contributed by atoms with Gasteiger partial charge in [0.05, 0.1) is 13.7 Å². The molecule has 7 heteroatoms. The average molecular weight is 371 g/mol. The van der Waals surface area contributed by atoms with Crippen LogP contribution in [0.2, 0.25) is 0 Å². The smallest absolute Gasteiger partial charge is 0.202 e. The number of benzene rings is 1. The van der Waals surface area contributed by atoms with Gasteiger partial charge in [-0.3, -0.25) is 4.98 Å². The fourth-order valence-electron chi connectivity index (χ4n) is 2.87. The van der Waals surface area contributed by atoms with E-state index in [1.54, 1.807) is 12.4 Å². The summed E-state index contributed by atoms with van der Waals surface area (Å²) in [6.07, 6.45) is 3.53. The molecule has 136 valence electrons. The van der Waals surface area contributed by atoms with Crippen molar-refractivity contribution < 1.29 is 9.64 Å². The molecule has 1 unspecified atom stereocenters. The van der Waals surface area contributed by atoms with Crippen LogP contribution >= 0.6 is 12.2 Å². The summed E-state index contributed by atoms with van der Waals surface area (Å²) >= 11 is 5.56. The van der Waals surface area contributed by atoms with E-state index in [2.05, 4.69) is 24.2 Å². The van der Waals surface area contributed by atoms with Crippen LogP contribution in [0.25, 0.3) is 11.4 Å². The standard InChI is InChI=1S/C19H23N5OS/c1-4-25-17-7-5-15(6-8-17)13-22(2)14-24-19(26)23(3)18(21-24)16-9-11-20-12-10-16/h5-12H,4,13-14H2,1-3H3/p+1. The maximum absolute atomic E-state index is 5.56. The zero-order chi connectivity index (χ0) is 18.5. The first-order chi connectivity index (χ1) is 12.6. The summed E-state index contributed by atoms with van der Waals surface area (Å²) in [7, 11) is 4.09. The first-order valence-electron chi connectivity index (χ1n) is 8.65. The lowest BCUT2D eigenvalue weighted by atomic mass is 10.2. The highest BCUT2D eigenvalue weighted by Crippen LogP contribution is 2.15. The van der Waals surface area contributed by atoms with Gasteiger partial charge in [0.25, 0.3) is 0 Å². The Balaban J connectivity index is 1.71. The predicted octanol–water partition coefficient (Wildman–Crippen LogP) is 2.08. The minimum Gasteiger partial charge on any atom is -0.494 e. The van der Waals surface area contributed by atoms with Crippen LogP contribution in [0.15, 0.2) is 48.8 Å². The number of quaternary nitrogens is 1. The van der Waals surface area contributed by atoms with E-state index in [9.17, 15) is 0 Å². The number of nitrogens with one attached hydrogen (secondary N) is 1. The van der Waals surface area contributed by atoms with Crippen molar-refractivity contribution in [3.63, 3.8) is 0 Å². The van der Waals surface area contributed by atoms with E-state index in [1.807, 2.05) is 47.5 Å². The number of rotatable bonds is 7. The summed E-state index contributed by atoms with van der Waals surface area (Å²) in [6.45, 7) is 4.26. The van der Waals surface area contributed by atoms with E-state index in [4.69, 9.17) is 22.1 Å². The second kappa shape index (κ2) is 8.25. The Morgan fingerprint density at radius 2 is 1.81 bits per heavy atom. The maximum atomic E-state index is 5.56. The van der Waals surface area contributed by atoms with E-state index >= 15 is 0 Å². The zero-order valence-electron chi connectivity index (χ0n) is 15.3. The molecule has 2 heterocycles. The lowest BCUT2D eigenvalue weighted by Crippen LogP contribution is -3.07. The Hall–Kier alpha value is -2.51. The summed E-state index contributed by atoms with van der Waals surface area (Å²) < 4.78 is 10.0. The lowest BCUT2D eigenvalue weighted by Gasteiger charge is -2.14. The molecule has 1 N–H and O–H groups in total. The van der Waals surface area contributed by atoms with Crippen LogP contribution in [-0.2, 0) is 20.3 Å². The Kier molecular flexibility index (Phi) is 5.80. The molecule has 0 spiro atoms. The maximum Gasteiger partial charge on any atom is 0.202 e. The van der Waals surface area contributed by atoms with Crippen molar-refractivity contribution in [2.24, 2.45) is 7.05 Å². The van der Waals surface area contributed by atoms with Crippen molar-refractivity contribution in [1.29, 1.82) is 0 Å². The number of hydrogen-bond donors (Lipinski definition) is 1. The molecular formula is C19H24N5OS+. The SMILES string of the molecule is CCOc1ccc(C[NH+](C)Cn2nc(-c3ccncc3)n(C)c2=S)cc1. The van der Waals surface area contributed by atoms with Gasteiger partial charge in [-0.2, -0.15) is 4.68 Å². The molecule has 0 bridgehead atoms. The van der Waals surface area contributed by atoms with Crippen molar-refractivity contribution in [2.75, 3.05) is 13.7 Å². The third kappa shape index (κ3) is 4.17. The molecule has 3 rings (SSSR count). The van der Waals surface area contributed by atoms with E-state index in [1.165, 1.54) is 10.5 Å². The molecule has 0 amide bonds. The number of ether oxygens (including phenoxy) is 1. The molecule has 1 atom stereocenters. The molecule has 0 saturated carbocycles. The monoisotopic (exact) mass is 370 g/mol. The number of nitrogens with zero attached hydrogens (tertiary/aromatic N) is 4. The largest absolute Gasteiger partial charge is 0.494 e. The fraction of sp³-hybridized carbons (Fsp3) is 0.316. The van der Waals surface area contributed by atoms with Crippen LogP contribution in [0.1, 0.15) is 12.5 Å². The molecule has 6 nitrogen and oxygen atoms in total. The van der Waals surface area contributed by atoms with Gasteiger partial charge in [-0.05, 0) is 55.5 Å². The Labute approximate surface area is 158 Å². The molecule has 0 fully saturated rings. The fourth-order valence-corrected chi connectivity index (χ4v) is 3.07. The Bertz CT molecular complexity index is 902. The first-order valence-corrected chi connectivity index (χ1v) is 9.06. The van der Waals surface area contributed by atoms with Gasteiger partial charge in [0, 0.05) is 30.6 Å². The summed E-state index contributed by atoms with van der Waals surface area (Å²) in [5.41, 5.74) is 2.26. The molecule has 0 aliphatic rings. The van der Waals surface area contributed by atoms with Crippen LogP contribution in [0, 0.1) is 4.77 Å². The van der Waals surface area contributed by atoms with Gasteiger partial charge in [0.1, 0.15) is 12.3 Å². The molecular weight excluding hydrogens is 346 g/mol. The highest BCUT2D eigenvalue weighted by molar-refractivity contribution is 7.71. The molecule has 1 aromatic carbocycles. The van der Waals surface area contributed by atoms with Gasteiger partial charge in [-0.1, -0.05) is 0 Å². The summed E-state index contributed by atoms with van der Waals surface area (Å²) in [6, 6.07) is 12.1. The molecule has 0 saturated heterocycles. The summed E-state index contributed by atoms with van der Waals surface area (Å²) in [4.78, 5) is 5.36. The first kappa shape index (κ1) is 18.3. The van der Waals surface area contributed by atoms with Gasteiger partial charge < -0.3 is 14.2 Å². The van der Waals surface area contributed by atoms with Crippen LogP contribution in [0.5, 0.6) is 5.75 Å². The van der Waals surface area contributed by atoms with Gasteiger partial charge in [-0.25, -0.2) is 0 Å². The average Bonchev–Trinajstić information content (AvgIpc) is 2.93. The van der Waals surface area contributed by atoms with Gasteiger partial charge >= 0.3 is 0 Å². The molecule has 0 aliphatic carbocycles. The highest BCUT2D eigenvalue weighted by Gasteiger charge is 2.13. The van der Waals surface area contributed by atoms with Gasteiger partial charge in [0.2, 0.25) is 4.77 Å². The van der Waals surface area contributed by atoms with Crippen LogP contribution in [0.4, 0.5) is 0 Å². The lowest BCUT2D eigenvalue weighted by molar-refractivity contribution is -0.917. The highest BCUT2D eigenvalue weighted by atomic mass is 32.1. The third-order valence-electron chi connectivity index (χ3n) is 4.14. The normalized spacial score (nSPS) is 12.1. The number of aromatic nitrogens is 4. The predicted molar refractivity (Wildman–Crippen MR) is 103 cm³/mol. The second-order valence-electron chi connectivity index (χ2n) is 6.27. The van der Waals surface area contributed by atoms with E-state index in [0.717, 1.165) is 23.7 Å². The Morgan fingerprint density at radius 3 is 2.46 bits per heavy atom. The molecule has 3 aromatic rings. The van der Waals surface area contributed by atoms with Crippen molar-refractivity contribution in [3.8, 4) is 17.1 Å². The third-order valence-corrected chi connectivity index (χ3v) is 4.62. The van der Waals surface area contributed by atoms with Crippen LogP contribution in [0.3, 0.4) is 0 Å². The van der Waals surface area contributed by atoms with Crippen molar-refractivity contribution in [1.82, 2.24) is 19.3 Å². The van der Waals surface area contributed by atoms with Crippen LogP contribution in [-0.4, -0.2) is 33.0 Å². The molecule has 0 radical (unpaired) electrons. The summed E-state index contributed by atoms with van der Waals surface area (Å²) in [5.74, 6) is 1.76. The Morgan fingerprint density at radius 1 is 1.12 bits per heavy atom. The van der Waals surface area contributed by atoms with Crippen molar-refractivity contribution >= 4 is 12.2 Å². The van der Waals surface area contributed by atoms with Gasteiger partial charge in [0.15, 0.2) is 12.5 Å². The molecule has 0 aliphatic heterocycles. The van der Waals surface area contributed by atoms with Crippen molar-refractivity contribution in [3.05, 3.63) is 59.1 Å². The van der Waals surface area contributed by atoms with E-state index < -0.39 is 0 Å². The van der Waals surface area contributed by atoms with Crippen molar-refractivity contribution in [2.45, 2.75) is 20.1 Å². The molecule has 2 aromatic heterocycles. The quantitative estimate of drug-likeness (QED) is 0.647. The second-order valence-corrected chi connectivity index (χ2v) is 6.63. The number of hydrogen-bond acceptors (Lipinski definition) is 4. The zero-order valence-corrected chi connectivity index (χ0v) is 16.2. The van der Waals surface area contributed by atoms with Gasteiger partial charge in [-0.15, -0.1) is 5.10 Å². The minimum absolute atomic E-state index is 0.683. The van der Waals surface area contributed by atoms with E-state index in [0.29, 0.717) is 18.0 Å².